The molecule has 10 heteroatoms. The number of hydrogen-bond acceptors (Lipinski definition) is 7. The number of nitrogens with one attached hydrogen (secondary N) is 1. The largest absolute Gasteiger partial charge is 0.309 e. The highest BCUT2D eigenvalue weighted by molar-refractivity contribution is 7.89. The third-order valence-electron chi connectivity index (χ3n) is 4.34. The molecule has 0 amide bonds. The molecule has 0 fully saturated rings. The Bertz CT molecular complexity index is 1000. The number of aromatic nitrogens is 3. The lowest BCUT2D eigenvalue weighted by molar-refractivity contribution is 0.521. The third kappa shape index (κ3) is 3.99. The van der Waals surface area contributed by atoms with Gasteiger partial charge in [-0.05, 0) is 31.0 Å². The smallest absolute Gasteiger partial charge is 0.242 e. The van der Waals surface area contributed by atoms with E-state index in [0.29, 0.717) is 11.5 Å². The van der Waals surface area contributed by atoms with Gasteiger partial charge in [0, 0.05) is 27.1 Å². The van der Waals surface area contributed by atoms with Crippen molar-refractivity contribution in [1.29, 1.82) is 5.26 Å². The van der Waals surface area contributed by atoms with E-state index in [2.05, 4.69) is 20.7 Å². The molecule has 0 aliphatic carbocycles. The number of anilines is 1. The van der Waals surface area contributed by atoms with Crippen molar-refractivity contribution in [2.24, 2.45) is 5.10 Å². The van der Waals surface area contributed by atoms with E-state index in [0.717, 1.165) is 42.4 Å². The highest BCUT2D eigenvalue weighted by Gasteiger charge is 2.19. The van der Waals surface area contributed by atoms with Crippen LogP contribution in [0.2, 0.25) is 0 Å². The van der Waals surface area contributed by atoms with Gasteiger partial charge >= 0.3 is 0 Å². The maximum Gasteiger partial charge on any atom is 0.242 e. The highest BCUT2D eigenvalue weighted by atomic mass is 32.2. The first-order valence-corrected chi connectivity index (χ1v) is 10.1. The van der Waals surface area contributed by atoms with Gasteiger partial charge < -0.3 is 4.57 Å². The second-order valence-corrected chi connectivity index (χ2v) is 8.55. The first kappa shape index (κ1) is 19.0. The summed E-state index contributed by atoms with van der Waals surface area (Å²) in [5, 5.41) is 21.9. The summed E-state index contributed by atoms with van der Waals surface area (Å²) in [4.78, 5) is 0.141. The molecule has 1 aliphatic heterocycles. The fraction of sp³-hybridized carbons (Fsp3) is 0.412. The zero-order valence-electron chi connectivity index (χ0n) is 15.3. The lowest BCUT2D eigenvalue weighted by atomic mass is 10.2. The molecule has 0 atom stereocenters. The van der Waals surface area contributed by atoms with Crippen molar-refractivity contribution in [1.82, 2.24) is 19.1 Å². The Balaban J connectivity index is 1.87. The summed E-state index contributed by atoms with van der Waals surface area (Å²) in [6.07, 6.45) is 4.02. The van der Waals surface area contributed by atoms with E-state index in [1.54, 1.807) is 12.1 Å². The van der Waals surface area contributed by atoms with Crippen molar-refractivity contribution in [3.05, 3.63) is 35.9 Å². The number of fused-ring (bicyclic) bond motifs is 1. The second-order valence-electron chi connectivity index (χ2n) is 6.40. The molecule has 142 valence electrons. The van der Waals surface area contributed by atoms with Crippen LogP contribution in [0.15, 0.2) is 34.3 Å². The number of aryl methyl sites for hydroxylation is 1. The molecule has 1 aromatic heterocycles. The summed E-state index contributed by atoms with van der Waals surface area (Å²) in [5.41, 5.74) is 3.33. The number of benzene rings is 1. The van der Waals surface area contributed by atoms with Crippen molar-refractivity contribution in [3.63, 3.8) is 0 Å². The average Bonchev–Trinajstić information content (AvgIpc) is 2.90. The van der Waals surface area contributed by atoms with E-state index in [1.807, 2.05) is 10.6 Å². The van der Waals surface area contributed by atoms with Gasteiger partial charge in [-0.1, -0.05) is 12.5 Å². The maximum absolute atomic E-state index is 12.2. The molecular formula is C17H21N7O2S. The van der Waals surface area contributed by atoms with Gasteiger partial charge in [-0.15, -0.1) is 10.2 Å². The van der Waals surface area contributed by atoms with E-state index in [9.17, 15) is 13.7 Å². The minimum absolute atomic E-state index is 0.108. The Hall–Kier alpha value is -2.77. The molecular weight excluding hydrogens is 366 g/mol. The second kappa shape index (κ2) is 7.85. The van der Waals surface area contributed by atoms with Crippen LogP contribution in [0, 0.1) is 11.3 Å². The molecule has 2 heterocycles. The predicted octanol–water partition coefficient (Wildman–Crippen LogP) is 1.59. The normalized spacial score (nSPS) is 15.1. The van der Waals surface area contributed by atoms with Gasteiger partial charge in [0.15, 0.2) is 5.82 Å². The van der Waals surface area contributed by atoms with Gasteiger partial charge in [-0.2, -0.15) is 10.4 Å². The lowest BCUT2D eigenvalue weighted by Crippen LogP contribution is -2.22. The van der Waals surface area contributed by atoms with Crippen LogP contribution in [0.4, 0.5) is 5.69 Å². The molecule has 1 aromatic carbocycles. The van der Waals surface area contributed by atoms with Crippen LogP contribution in [0.5, 0.6) is 0 Å². The van der Waals surface area contributed by atoms with Crippen molar-refractivity contribution in [2.45, 2.75) is 37.1 Å². The van der Waals surface area contributed by atoms with Crippen LogP contribution in [0.25, 0.3) is 0 Å². The Morgan fingerprint density at radius 2 is 2.11 bits per heavy atom. The van der Waals surface area contributed by atoms with Crippen molar-refractivity contribution < 1.29 is 8.42 Å². The lowest BCUT2D eigenvalue weighted by Gasteiger charge is -2.12. The van der Waals surface area contributed by atoms with E-state index >= 15 is 0 Å². The maximum atomic E-state index is 12.2. The predicted molar refractivity (Wildman–Crippen MR) is 101 cm³/mol. The standard InChI is InChI=1S/C17H21N7O2S/c1-23(2)27(25,26)14-8-6-7-13(11-14)19-20-15(12-18)17-22-21-16-9-4-3-5-10-24(16)17/h6-8,11,19H,3-5,9-10H2,1-2H3/b20-15-. The number of sulfonamides is 1. The van der Waals surface area contributed by atoms with Gasteiger partial charge in [-0.25, -0.2) is 12.7 Å². The summed E-state index contributed by atoms with van der Waals surface area (Å²) >= 11 is 0. The molecule has 0 unspecified atom stereocenters. The van der Waals surface area contributed by atoms with E-state index in [-0.39, 0.29) is 10.6 Å². The van der Waals surface area contributed by atoms with Crippen LogP contribution < -0.4 is 5.43 Å². The zero-order chi connectivity index (χ0) is 19.4. The molecule has 0 radical (unpaired) electrons. The molecule has 1 N–H and O–H groups in total. The minimum atomic E-state index is -3.55. The molecule has 9 nitrogen and oxygen atoms in total. The first-order chi connectivity index (χ1) is 12.9. The minimum Gasteiger partial charge on any atom is -0.309 e. The van der Waals surface area contributed by atoms with Crippen LogP contribution in [-0.4, -0.2) is 47.3 Å². The molecule has 0 bridgehead atoms. The van der Waals surface area contributed by atoms with Gasteiger partial charge in [0.05, 0.1) is 10.6 Å². The number of nitriles is 1. The summed E-state index contributed by atoms with van der Waals surface area (Å²) in [5.74, 6) is 1.29. The zero-order valence-corrected chi connectivity index (χ0v) is 16.1. The van der Waals surface area contributed by atoms with Crippen LogP contribution in [0.3, 0.4) is 0 Å². The molecule has 27 heavy (non-hydrogen) atoms. The fourth-order valence-corrected chi connectivity index (χ4v) is 3.79. The molecule has 1 aliphatic rings. The molecule has 0 spiro atoms. The van der Waals surface area contributed by atoms with Gasteiger partial charge in [0.2, 0.25) is 15.7 Å². The van der Waals surface area contributed by atoms with E-state index in [4.69, 9.17) is 0 Å². The van der Waals surface area contributed by atoms with Crippen LogP contribution >= 0.6 is 0 Å². The number of hydrazone groups is 1. The summed E-state index contributed by atoms with van der Waals surface area (Å²) < 4.78 is 27.6. The van der Waals surface area contributed by atoms with Crippen LogP contribution in [-0.2, 0) is 23.0 Å². The monoisotopic (exact) mass is 387 g/mol. The fourth-order valence-electron chi connectivity index (χ4n) is 2.84. The summed E-state index contributed by atoms with van der Waals surface area (Å²) in [7, 11) is -0.608. The SMILES string of the molecule is CN(C)S(=O)(=O)c1cccc(N/N=C(/C#N)c2nnc3n2CCCCC3)c1. The Morgan fingerprint density at radius 1 is 1.30 bits per heavy atom. The van der Waals surface area contributed by atoms with Crippen molar-refractivity contribution in [3.8, 4) is 6.07 Å². The van der Waals surface area contributed by atoms with Crippen molar-refractivity contribution >= 4 is 21.4 Å². The van der Waals surface area contributed by atoms with Crippen LogP contribution in [0.1, 0.15) is 30.9 Å². The number of rotatable bonds is 5. The molecule has 3 rings (SSSR count). The van der Waals surface area contributed by atoms with Crippen molar-refractivity contribution in [2.75, 3.05) is 19.5 Å². The molecule has 0 saturated carbocycles. The summed E-state index contributed by atoms with van der Waals surface area (Å²) in [6.45, 7) is 0.759. The topological polar surface area (TPSA) is 116 Å². The molecule has 2 aromatic rings. The number of nitrogens with zero attached hydrogens (tertiary/aromatic N) is 6. The number of hydrogen-bond donors (Lipinski definition) is 1. The Kier molecular flexibility index (Phi) is 5.53. The first-order valence-electron chi connectivity index (χ1n) is 8.62. The van der Waals surface area contributed by atoms with Gasteiger partial charge in [0.1, 0.15) is 11.9 Å². The van der Waals surface area contributed by atoms with Gasteiger partial charge in [-0.3, -0.25) is 5.43 Å². The van der Waals surface area contributed by atoms with E-state index < -0.39 is 10.0 Å². The molecule has 0 saturated heterocycles. The average molecular weight is 387 g/mol. The Morgan fingerprint density at radius 3 is 2.85 bits per heavy atom. The van der Waals surface area contributed by atoms with E-state index in [1.165, 1.54) is 26.2 Å². The Labute approximate surface area is 158 Å². The summed E-state index contributed by atoms with van der Waals surface area (Å²) in [6, 6.07) is 8.32. The third-order valence-corrected chi connectivity index (χ3v) is 6.15. The quantitative estimate of drug-likeness (QED) is 0.615. The highest BCUT2D eigenvalue weighted by Crippen LogP contribution is 2.19. The van der Waals surface area contributed by atoms with Gasteiger partial charge in [0.25, 0.3) is 0 Å².